The zero-order chi connectivity index (χ0) is 30.4. The van der Waals surface area contributed by atoms with Crippen molar-refractivity contribution in [2.24, 2.45) is 17.8 Å². The summed E-state index contributed by atoms with van der Waals surface area (Å²) in [5, 5.41) is 30.1. The van der Waals surface area contributed by atoms with E-state index >= 15 is 0 Å². The van der Waals surface area contributed by atoms with E-state index in [1.807, 2.05) is 12.1 Å². The lowest BCUT2D eigenvalue weighted by molar-refractivity contribution is -0.141. The third kappa shape index (κ3) is 7.54. The first-order valence-corrected chi connectivity index (χ1v) is 15.7. The van der Waals surface area contributed by atoms with Crippen molar-refractivity contribution in [2.75, 3.05) is 20.3 Å². The quantitative estimate of drug-likeness (QED) is 0.109. The molecule has 228 valence electrons. The van der Waals surface area contributed by atoms with E-state index in [9.17, 15) is 24.5 Å². The number of imide groups is 1. The number of phenols is 1. The number of carboxylic acids is 1. The second kappa shape index (κ2) is 14.8. The van der Waals surface area contributed by atoms with Gasteiger partial charge in [0.25, 0.3) is 0 Å². The van der Waals surface area contributed by atoms with Crippen molar-refractivity contribution in [3.05, 3.63) is 45.0 Å². The van der Waals surface area contributed by atoms with Gasteiger partial charge in [0.2, 0.25) is 11.8 Å². The van der Waals surface area contributed by atoms with Gasteiger partial charge < -0.3 is 24.6 Å². The van der Waals surface area contributed by atoms with Crippen molar-refractivity contribution in [1.29, 1.82) is 0 Å². The number of hydrogen-bond acceptors (Lipinski definition) is 7. The SMILES string of the molecule is CCC/C(=C\c1cc(Br)ccc1O)CC[C@H]1OB(O)C[C@H]2C1=C(COC)C[C@H]1C(=O)N(CCCCCC(=O)O)C(=O)[C@H]12. The normalized spacial score (nSPS) is 24.3. The van der Waals surface area contributed by atoms with Crippen LogP contribution in [0.3, 0.4) is 0 Å². The third-order valence-electron chi connectivity index (χ3n) is 8.64. The van der Waals surface area contributed by atoms with E-state index in [2.05, 4.69) is 22.9 Å². The highest BCUT2D eigenvalue weighted by molar-refractivity contribution is 9.10. The number of carbonyl (C=O) groups is 3. The number of allylic oxidation sites excluding steroid dienone is 1. The van der Waals surface area contributed by atoms with Crippen molar-refractivity contribution in [2.45, 2.75) is 77.1 Å². The number of likely N-dealkylation sites (tertiary alicyclic amines) is 1. The molecule has 1 aromatic rings. The number of halogens is 1. The number of carbonyl (C=O) groups excluding carboxylic acids is 2. The number of methoxy groups -OCH3 is 1. The molecule has 42 heavy (non-hydrogen) atoms. The predicted molar refractivity (Wildman–Crippen MR) is 162 cm³/mol. The predicted octanol–water partition coefficient (Wildman–Crippen LogP) is 5.21. The lowest BCUT2D eigenvalue weighted by Crippen LogP contribution is -2.46. The van der Waals surface area contributed by atoms with Gasteiger partial charge in [0.05, 0.1) is 24.5 Å². The van der Waals surface area contributed by atoms with E-state index in [0.29, 0.717) is 45.1 Å². The van der Waals surface area contributed by atoms with Gasteiger partial charge in [-0.05, 0) is 80.1 Å². The van der Waals surface area contributed by atoms with Gasteiger partial charge in [-0.15, -0.1) is 0 Å². The molecule has 0 radical (unpaired) electrons. The molecule has 2 fully saturated rings. The number of amides is 2. The van der Waals surface area contributed by atoms with Crippen LogP contribution in [0, 0.1) is 17.8 Å². The molecular weight excluding hydrogens is 605 g/mol. The number of benzene rings is 1. The van der Waals surface area contributed by atoms with Crippen molar-refractivity contribution in [3.8, 4) is 5.75 Å². The van der Waals surface area contributed by atoms with Gasteiger partial charge in [-0.3, -0.25) is 19.3 Å². The largest absolute Gasteiger partial charge is 0.507 e. The molecule has 2 saturated heterocycles. The minimum Gasteiger partial charge on any atom is -0.507 e. The smallest absolute Gasteiger partial charge is 0.455 e. The topological polar surface area (TPSA) is 134 Å². The fraction of sp³-hybridized carbons (Fsp3) is 0.581. The van der Waals surface area contributed by atoms with Gasteiger partial charge in [0, 0.05) is 30.1 Å². The van der Waals surface area contributed by atoms with Crippen molar-refractivity contribution >= 4 is 46.9 Å². The van der Waals surface area contributed by atoms with Crippen molar-refractivity contribution in [3.63, 3.8) is 0 Å². The lowest BCUT2D eigenvalue weighted by atomic mass is 9.58. The number of aromatic hydroxyl groups is 1. The molecular formula is C31H41BBrNO8. The van der Waals surface area contributed by atoms with Crippen LogP contribution < -0.4 is 0 Å². The van der Waals surface area contributed by atoms with Crippen LogP contribution in [0.15, 0.2) is 39.4 Å². The Balaban J connectivity index is 1.54. The first-order valence-electron chi connectivity index (χ1n) is 14.9. The van der Waals surface area contributed by atoms with E-state index in [1.165, 1.54) is 4.90 Å². The van der Waals surface area contributed by atoms with E-state index < -0.39 is 31.0 Å². The van der Waals surface area contributed by atoms with Crippen molar-refractivity contribution in [1.82, 2.24) is 4.90 Å². The van der Waals surface area contributed by atoms with Gasteiger partial charge in [0.1, 0.15) is 5.75 Å². The number of fused-ring (bicyclic) bond motifs is 3. The van der Waals surface area contributed by atoms with Gasteiger partial charge in [-0.25, -0.2) is 0 Å². The molecule has 1 aliphatic carbocycles. The Morgan fingerprint density at radius 1 is 1.17 bits per heavy atom. The molecule has 9 nitrogen and oxygen atoms in total. The van der Waals surface area contributed by atoms with Crippen LogP contribution in [-0.4, -0.2) is 71.4 Å². The zero-order valence-electron chi connectivity index (χ0n) is 24.4. The number of aliphatic carboxylic acids is 1. The number of hydrogen-bond donors (Lipinski definition) is 3. The maximum Gasteiger partial charge on any atom is 0.455 e. The summed E-state index contributed by atoms with van der Waals surface area (Å²) in [5.41, 5.74) is 3.83. The van der Waals surface area contributed by atoms with E-state index in [4.69, 9.17) is 14.5 Å². The molecule has 1 aromatic carbocycles. The maximum absolute atomic E-state index is 13.7. The second-order valence-electron chi connectivity index (χ2n) is 11.6. The van der Waals surface area contributed by atoms with Crippen LogP contribution in [0.25, 0.3) is 6.08 Å². The zero-order valence-corrected chi connectivity index (χ0v) is 26.0. The molecule has 0 aromatic heterocycles. The van der Waals surface area contributed by atoms with Crippen molar-refractivity contribution < 1.29 is 39.0 Å². The number of ether oxygens (including phenoxy) is 1. The van der Waals surface area contributed by atoms with Gasteiger partial charge in [-0.2, -0.15) is 0 Å². The number of nitrogens with zero attached hydrogens (tertiary/aromatic N) is 1. The summed E-state index contributed by atoms with van der Waals surface area (Å²) >= 11 is 3.47. The fourth-order valence-corrected chi connectivity index (χ4v) is 7.23. The first kappa shape index (κ1) is 32.4. The molecule has 0 saturated carbocycles. The highest BCUT2D eigenvalue weighted by Crippen LogP contribution is 2.50. The van der Waals surface area contributed by atoms with Gasteiger partial charge in [0.15, 0.2) is 0 Å². The lowest BCUT2D eigenvalue weighted by Gasteiger charge is -2.43. The van der Waals surface area contributed by atoms with Crippen LogP contribution in [0.1, 0.15) is 70.3 Å². The first-order chi connectivity index (χ1) is 20.1. The van der Waals surface area contributed by atoms with E-state index in [0.717, 1.165) is 39.6 Å². The fourth-order valence-electron chi connectivity index (χ4n) is 6.85. The number of unbranched alkanes of at least 4 members (excludes halogenated alkanes) is 2. The number of phenolic OH excluding ortho intramolecular Hbond substituents is 1. The Kier molecular flexibility index (Phi) is 11.4. The van der Waals surface area contributed by atoms with E-state index in [1.54, 1.807) is 19.2 Å². The summed E-state index contributed by atoms with van der Waals surface area (Å²) in [6.07, 6.45) is 7.06. The maximum atomic E-state index is 13.7. The van der Waals surface area contributed by atoms with Crippen LogP contribution >= 0.6 is 15.9 Å². The third-order valence-corrected chi connectivity index (χ3v) is 9.13. The minimum absolute atomic E-state index is 0.0708. The molecule has 3 N–H and O–H groups in total. The van der Waals surface area contributed by atoms with Gasteiger partial charge in [-0.1, -0.05) is 47.3 Å². The molecule has 11 heteroatoms. The second-order valence-corrected chi connectivity index (χ2v) is 12.5. The average Bonchev–Trinajstić information content (AvgIpc) is 3.17. The monoisotopic (exact) mass is 645 g/mol. The standard InChI is InChI=1S/C31H41BBrNO8/c1-3-7-19(14-20-15-22(33)10-11-25(20)35)9-12-26-28-21(18-41-2)16-23-29(24(28)17-32(40)42-26)31(39)34(30(23)38)13-6-4-5-8-27(36)37/h10-11,14-15,23-24,26,29,35,40H,3-9,12-13,16-18H2,1-2H3,(H,36,37)/b19-14+/t23-,24+,26-,29-/m1/s1. The summed E-state index contributed by atoms with van der Waals surface area (Å²) < 4.78 is 12.5. The highest BCUT2D eigenvalue weighted by Gasteiger charge is 2.57. The molecule has 2 aliphatic heterocycles. The Morgan fingerprint density at radius 2 is 1.95 bits per heavy atom. The molecule has 4 atom stereocenters. The number of carboxylic acid groups (broad SMARTS) is 1. The Bertz CT molecular complexity index is 1230. The van der Waals surface area contributed by atoms with Crippen LogP contribution in [0.5, 0.6) is 5.75 Å². The molecule has 0 spiro atoms. The summed E-state index contributed by atoms with van der Waals surface area (Å²) in [7, 11) is 0.562. The van der Waals surface area contributed by atoms with Crippen LogP contribution in [0.4, 0.5) is 0 Å². The number of rotatable bonds is 14. The Labute approximate surface area is 256 Å². The highest BCUT2D eigenvalue weighted by atomic mass is 79.9. The molecule has 3 aliphatic rings. The molecule has 2 amide bonds. The summed E-state index contributed by atoms with van der Waals surface area (Å²) in [4.78, 5) is 39.3. The van der Waals surface area contributed by atoms with Gasteiger partial charge >= 0.3 is 13.1 Å². The van der Waals surface area contributed by atoms with Crippen LogP contribution in [0.2, 0.25) is 6.32 Å². The minimum atomic E-state index is -1.05. The molecule has 4 rings (SSSR count). The summed E-state index contributed by atoms with van der Waals surface area (Å²) in [6.45, 7) is 2.71. The summed E-state index contributed by atoms with van der Waals surface area (Å²) in [6, 6.07) is 5.33. The Hall–Kier alpha value is -2.47. The molecule has 0 unspecified atom stereocenters. The Morgan fingerprint density at radius 3 is 2.67 bits per heavy atom. The summed E-state index contributed by atoms with van der Waals surface area (Å²) in [5.74, 6) is -2.38. The molecule has 2 heterocycles. The molecule has 0 bridgehead atoms. The van der Waals surface area contributed by atoms with E-state index in [-0.39, 0.29) is 42.8 Å². The van der Waals surface area contributed by atoms with Crippen LogP contribution in [-0.2, 0) is 23.8 Å². The average molecular weight is 646 g/mol.